The van der Waals surface area contributed by atoms with Crippen LogP contribution in [0.1, 0.15) is 25.7 Å². The summed E-state index contributed by atoms with van der Waals surface area (Å²) in [4.78, 5) is 10.4. The molecular formula is C19H20N4S. The van der Waals surface area contributed by atoms with Crippen molar-refractivity contribution in [1.29, 1.82) is 0 Å². The summed E-state index contributed by atoms with van der Waals surface area (Å²) < 4.78 is 1.30. The van der Waals surface area contributed by atoms with Gasteiger partial charge in [0.2, 0.25) is 5.95 Å². The minimum Gasteiger partial charge on any atom is -0.351 e. The largest absolute Gasteiger partial charge is 0.351 e. The molecule has 0 unspecified atom stereocenters. The molecule has 4 heterocycles. The molecule has 2 N–H and O–H groups in total. The molecule has 1 aromatic carbocycles. The summed E-state index contributed by atoms with van der Waals surface area (Å²) in [6.45, 7) is 0. The lowest BCUT2D eigenvalue weighted by atomic mass is 10.0. The van der Waals surface area contributed by atoms with E-state index in [1.807, 2.05) is 12.3 Å². The van der Waals surface area contributed by atoms with Crippen molar-refractivity contribution >= 4 is 27.4 Å². The molecule has 4 nitrogen and oxygen atoms in total. The number of fused-ring (bicyclic) bond motifs is 3. The lowest BCUT2D eigenvalue weighted by molar-refractivity contribution is 0.377. The Bertz CT molecular complexity index is 829. The number of anilines is 1. The van der Waals surface area contributed by atoms with Crippen LogP contribution in [0.3, 0.4) is 0 Å². The van der Waals surface area contributed by atoms with Gasteiger partial charge in [0.15, 0.2) is 0 Å². The summed E-state index contributed by atoms with van der Waals surface area (Å²) in [5.41, 5.74) is 1.01. The molecule has 2 aromatic heterocycles. The van der Waals surface area contributed by atoms with E-state index in [0.717, 1.165) is 11.6 Å². The van der Waals surface area contributed by atoms with Crippen LogP contribution in [-0.2, 0) is 0 Å². The predicted molar refractivity (Wildman–Crippen MR) is 99.4 cm³/mol. The minimum atomic E-state index is 0.487. The molecular weight excluding hydrogens is 316 g/mol. The van der Waals surface area contributed by atoms with Crippen molar-refractivity contribution in [2.45, 2.75) is 43.8 Å². The number of piperidine rings is 1. The molecule has 0 amide bonds. The van der Waals surface area contributed by atoms with Gasteiger partial charge in [0.05, 0.1) is 10.6 Å². The van der Waals surface area contributed by atoms with Crippen LogP contribution in [0.5, 0.6) is 0 Å². The molecule has 2 aliphatic rings. The van der Waals surface area contributed by atoms with Gasteiger partial charge in [0.25, 0.3) is 0 Å². The highest BCUT2D eigenvalue weighted by atomic mass is 32.1. The number of benzene rings is 1. The van der Waals surface area contributed by atoms with Gasteiger partial charge in [-0.1, -0.05) is 18.2 Å². The molecule has 5 rings (SSSR count). The number of nitrogens with zero attached hydrogens (tertiary/aromatic N) is 2. The number of hydrogen-bond acceptors (Lipinski definition) is 5. The lowest BCUT2D eigenvalue weighted by Crippen LogP contribution is -2.43. The molecule has 24 heavy (non-hydrogen) atoms. The van der Waals surface area contributed by atoms with Crippen molar-refractivity contribution in [1.82, 2.24) is 15.3 Å². The maximum atomic E-state index is 4.77. The maximum Gasteiger partial charge on any atom is 0.223 e. The number of thiophene rings is 1. The highest BCUT2D eigenvalue weighted by molar-refractivity contribution is 7.22. The van der Waals surface area contributed by atoms with Gasteiger partial charge >= 0.3 is 0 Å². The second-order valence-corrected chi connectivity index (χ2v) is 7.95. The van der Waals surface area contributed by atoms with Gasteiger partial charge in [-0.05, 0) is 49.3 Å². The van der Waals surface area contributed by atoms with Crippen molar-refractivity contribution < 1.29 is 0 Å². The molecule has 0 saturated carbocycles. The summed E-state index contributed by atoms with van der Waals surface area (Å²) in [6, 6.07) is 14.5. The van der Waals surface area contributed by atoms with Gasteiger partial charge in [-0.15, -0.1) is 11.3 Å². The third-order valence-electron chi connectivity index (χ3n) is 5.14. The molecule has 2 aliphatic heterocycles. The van der Waals surface area contributed by atoms with Crippen LogP contribution < -0.4 is 10.6 Å². The van der Waals surface area contributed by atoms with Gasteiger partial charge in [-0.3, -0.25) is 0 Å². The Morgan fingerprint density at radius 2 is 1.92 bits per heavy atom. The molecule has 3 atom stereocenters. The van der Waals surface area contributed by atoms with E-state index in [9.17, 15) is 0 Å². The van der Waals surface area contributed by atoms with Crippen molar-refractivity contribution in [3.05, 3.63) is 42.6 Å². The standard InChI is InChI=1S/C19H20N4S/c1-2-4-17-12(3-1)9-18(24-17)16-7-8-20-19(23-16)22-15-10-13-5-6-14(11-15)21-13/h1-4,7-9,13-15,21H,5-6,10-11H2,(H,20,22,23)/t13-,14+,15+. The monoisotopic (exact) mass is 336 g/mol. The van der Waals surface area contributed by atoms with E-state index in [0.29, 0.717) is 18.1 Å². The Balaban J connectivity index is 1.39. The zero-order chi connectivity index (χ0) is 15.9. The van der Waals surface area contributed by atoms with E-state index in [1.165, 1.54) is 40.6 Å². The SMILES string of the molecule is c1ccc2sc(-c3ccnc(N[C@H]4C[C@H]5CC[C@@H](C4)N5)n3)cc2c1. The Hall–Kier alpha value is -1.98. The van der Waals surface area contributed by atoms with E-state index in [1.54, 1.807) is 11.3 Å². The molecule has 5 heteroatoms. The zero-order valence-electron chi connectivity index (χ0n) is 13.4. The second kappa shape index (κ2) is 5.83. The first-order valence-electron chi connectivity index (χ1n) is 8.68. The average Bonchev–Trinajstić information content (AvgIpc) is 3.18. The van der Waals surface area contributed by atoms with Crippen LogP contribution >= 0.6 is 11.3 Å². The third-order valence-corrected chi connectivity index (χ3v) is 6.28. The molecule has 0 aliphatic carbocycles. The molecule has 2 bridgehead atoms. The first-order chi connectivity index (χ1) is 11.8. The van der Waals surface area contributed by atoms with Crippen LogP contribution in [0.25, 0.3) is 20.7 Å². The van der Waals surface area contributed by atoms with E-state index in [-0.39, 0.29) is 0 Å². The topological polar surface area (TPSA) is 49.8 Å². The van der Waals surface area contributed by atoms with Gasteiger partial charge in [-0.2, -0.15) is 0 Å². The molecule has 0 radical (unpaired) electrons. The average molecular weight is 336 g/mol. The molecule has 2 saturated heterocycles. The van der Waals surface area contributed by atoms with Crippen molar-refractivity contribution in [3.63, 3.8) is 0 Å². The van der Waals surface area contributed by atoms with E-state index in [2.05, 4.69) is 45.9 Å². The summed E-state index contributed by atoms with van der Waals surface area (Å²) in [5, 5.41) is 8.53. The number of aromatic nitrogens is 2. The first kappa shape index (κ1) is 14.4. The van der Waals surface area contributed by atoms with Crippen molar-refractivity contribution in [2.75, 3.05) is 5.32 Å². The second-order valence-electron chi connectivity index (χ2n) is 6.86. The summed E-state index contributed by atoms with van der Waals surface area (Å²) in [5.74, 6) is 0.760. The van der Waals surface area contributed by atoms with E-state index >= 15 is 0 Å². The van der Waals surface area contributed by atoms with Crippen LogP contribution in [0.2, 0.25) is 0 Å². The van der Waals surface area contributed by atoms with Gasteiger partial charge in [-0.25, -0.2) is 9.97 Å². The fourth-order valence-electron chi connectivity index (χ4n) is 4.03. The number of hydrogen-bond donors (Lipinski definition) is 2. The summed E-state index contributed by atoms with van der Waals surface area (Å²) in [6.07, 6.45) is 6.84. The van der Waals surface area contributed by atoms with Gasteiger partial charge in [0.1, 0.15) is 0 Å². The number of rotatable bonds is 3. The van der Waals surface area contributed by atoms with Crippen molar-refractivity contribution in [3.8, 4) is 10.6 Å². The Labute approximate surface area is 145 Å². The van der Waals surface area contributed by atoms with Crippen LogP contribution in [0.15, 0.2) is 42.6 Å². The Kier molecular flexibility index (Phi) is 3.49. The van der Waals surface area contributed by atoms with Crippen LogP contribution in [-0.4, -0.2) is 28.1 Å². The molecule has 0 spiro atoms. The molecule has 3 aromatic rings. The number of nitrogens with one attached hydrogen (secondary N) is 2. The smallest absolute Gasteiger partial charge is 0.223 e. The fraction of sp³-hybridized carbons (Fsp3) is 0.368. The third kappa shape index (κ3) is 2.68. The first-order valence-corrected chi connectivity index (χ1v) is 9.50. The van der Waals surface area contributed by atoms with Crippen LogP contribution in [0.4, 0.5) is 5.95 Å². The zero-order valence-corrected chi connectivity index (χ0v) is 14.2. The summed E-state index contributed by atoms with van der Waals surface area (Å²) in [7, 11) is 0. The van der Waals surface area contributed by atoms with Crippen molar-refractivity contribution in [2.24, 2.45) is 0 Å². The minimum absolute atomic E-state index is 0.487. The highest BCUT2D eigenvalue weighted by Gasteiger charge is 2.33. The fourth-order valence-corrected chi connectivity index (χ4v) is 5.06. The summed E-state index contributed by atoms with van der Waals surface area (Å²) >= 11 is 1.79. The van der Waals surface area contributed by atoms with Gasteiger partial charge in [0, 0.05) is 29.0 Å². The Morgan fingerprint density at radius 1 is 1.08 bits per heavy atom. The molecule has 2 fully saturated rings. The Morgan fingerprint density at radius 3 is 2.75 bits per heavy atom. The normalized spacial score (nSPS) is 25.9. The van der Waals surface area contributed by atoms with Gasteiger partial charge < -0.3 is 10.6 Å². The van der Waals surface area contributed by atoms with Crippen LogP contribution in [0, 0.1) is 0 Å². The quantitative estimate of drug-likeness (QED) is 0.757. The highest BCUT2D eigenvalue weighted by Crippen LogP contribution is 2.33. The van der Waals surface area contributed by atoms with E-state index < -0.39 is 0 Å². The maximum absolute atomic E-state index is 4.77. The molecule has 122 valence electrons. The predicted octanol–water partition coefficient (Wildman–Crippen LogP) is 4.05. The van der Waals surface area contributed by atoms with E-state index in [4.69, 9.17) is 4.98 Å². The lowest BCUT2D eigenvalue weighted by Gasteiger charge is -2.29.